The Labute approximate surface area is 250 Å². The number of benzene rings is 3. The molecule has 0 atom stereocenters. The zero-order valence-electron chi connectivity index (χ0n) is 23.1. The molecule has 1 aromatic heterocycles. The van der Waals surface area contributed by atoms with E-state index in [0.29, 0.717) is 15.9 Å². The van der Waals surface area contributed by atoms with E-state index in [-0.39, 0.29) is 30.1 Å². The molecule has 0 N–H and O–H groups in total. The van der Waals surface area contributed by atoms with Crippen molar-refractivity contribution in [3.63, 3.8) is 0 Å². The molecule has 0 saturated heterocycles. The summed E-state index contributed by atoms with van der Waals surface area (Å²) in [4.78, 5) is 18.0. The summed E-state index contributed by atoms with van der Waals surface area (Å²) in [5.74, 6) is -0.373. The van der Waals surface area contributed by atoms with Gasteiger partial charge in [0.15, 0.2) is 4.80 Å². The van der Waals surface area contributed by atoms with Gasteiger partial charge in [0.1, 0.15) is 0 Å². The highest BCUT2D eigenvalue weighted by Gasteiger charge is 2.55. The van der Waals surface area contributed by atoms with E-state index in [4.69, 9.17) is 9.05 Å². The van der Waals surface area contributed by atoms with Crippen LogP contribution in [0.2, 0.25) is 0 Å². The van der Waals surface area contributed by atoms with Crippen LogP contribution in [0.1, 0.15) is 46.5 Å². The monoisotopic (exact) mass is 662 g/mol. The first-order valence-corrected chi connectivity index (χ1v) is 16.2. The SMILES string of the molecule is CCOP(=O)(OCC)C(F)(F)c1ccc(Cn2c(-c3ccccc3)csc2=NC(=O)c2ccc(C)c(C)c2)cc1Br. The van der Waals surface area contributed by atoms with Crippen molar-refractivity contribution in [1.29, 1.82) is 0 Å². The van der Waals surface area contributed by atoms with Crippen LogP contribution in [-0.4, -0.2) is 23.7 Å². The average molecular weight is 664 g/mol. The number of thiazole rings is 1. The van der Waals surface area contributed by atoms with Crippen LogP contribution in [-0.2, 0) is 25.8 Å². The smallest absolute Gasteiger partial charge is 0.312 e. The summed E-state index contributed by atoms with van der Waals surface area (Å²) < 4.78 is 55.7. The van der Waals surface area contributed by atoms with Crippen molar-refractivity contribution in [1.82, 2.24) is 4.57 Å². The number of hydrogen-bond acceptors (Lipinski definition) is 5. The van der Waals surface area contributed by atoms with E-state index in [2.05, 4.69) is 20.9 Å². The number of hydrogen-bond donors (Lipinski definition) is 0. The van der Waals surface area contributed by atoms with Crippen molar-refractivity contribution in [2.75, 3.05) is 13.2 Å². The number of halogens is 3. The number of aryl methyl sites for hydroxylation is 2. The quantitative estimate of drug-likeness (QED) is 0.159. The fraction of sp³-hybridized carbons (Fsp3) is 0.267. The third kappa shape index (κ3) is 6.68. The predicted molar refractivity (Wildman–Crippen MR) is 162 cm³/mol. The Morgan fingerprint density at radius 2 is 1.68 bits per heavy atom. The van der Waals surface area contributed by atoms with Crippen LogP contribution in [0.15, 0.2) is 81.6 Å². The van der Waals surface area contributed by atoms with E-state index in [1.807, 2.05) is 66.3 Å². The van der Waals surface area contributed by atoms with Gasteiger partial charge < -0.3 is 13.6 Å². The highest BCUT2D eigenvalue weighted by molar-refractivity contribution is 9.10. The van der Waals surface area contributed by atoms with Crippen LogP contribution in [0.5, 0.6) is 0 Å². The van der Waals surface area contributed by atoms with Gasteiger partial charge in [-0.3, -0.25) is 9.36 Å². The Morgan fingerprint density at radius 1 is 1.00 bits per heavy atom. The average Bonchev–Trinajstić information content (AvgIpc) is 3.32. The molecule has 4 rings (SSSR count). The molecule has 0 aliphatic heterocycles. The number of rotatable bonds is 10. The van der Waals surface area contributed by atoms with E-state index in [0.717, 1.165) is 22.4 Å². The maximum atomic E-state index is 15.5. The first-order chi connectivity index (χ1) is 19.5. The second kappa shape index (κ2) is 13.0. The normalized spacial score (nSPS) is 12.6. The molecule has 0 bridgehead atoms. The van der Waals surface area contributed by atoms with Gasteiger partial charge in [0.25, 0.3) is 5.91 Å². The Hall–Kier alpha value is -2.75. The zero-order chi connectivity index (χ0) is 29.8. The molecular formula is C30H30BrF2N2O4PS. The lowest BCUT2D eigenvalue weighted by molar-refractivity contribution is 0.0354. The maximum Gasteiger partial charge on any atom is 0.404 e. The highest BCUT2D eigenvalue weighted by Crippen LogP contribution is 2.67. The maximum absolute atomic E-state index is 15.5. The molecule has 6 nitrogen and oxygen atoms in total. The third-order valence-corrected chi connectivity index (χ3v) is 10.1. The molecular weight excluding hydrogens is 633 g/mol. The molecule has 0 saturated carbocycles. The summed E-state index contributed by atoms with van der Waals surface area (Å²) in [6.07, 6.45) is 0. The van der Waals surface area contributed by atoms with Crippen LogP contribution < -0.4 is 4.80 Å². The summed E-state index contributed by atoms with van der Waals surface area (Å²) in [7, 11) is -4.77. The van der Waals surface area contributed by atoms with Crippen molar-refractivity contribution in [3.05, 3.63) is 109 Å². The second-order valence-corrected chi connectivity index (χ2v) is 13.0. The fourth-order valence-corrected chi connectivity index (χ4v) is 7.51. The molecule has 41 heavy (non-hydrogen) atoms. The number of aromatic nitrogens is 1. The highest BCUT2D eigenvalue weighted by atomic mass is 79.9. The number of carbonyl (C=O) groups is 1. The molecule has 1 amide bonds. The van der Waals surface area contributed by atoms with Crippen molar-refractivity contribution >= 4 is 40.8 Å². The Kier molecular flexibility index (Phi) is 9.93. The Balaban J connectivity index is 1.76. The van der Waals surface area contributed by atoms with Crippen LogP contribution in [0.25, 0.3) is 11.3 Å². The van der Waals surface area contributed by atoms with Crippen molar-refractivity contribution in [3.8, 4) is 11.3 Å². The molecule has 0 fully saturated rings. The number of amides is 1. The number of alkyl halides is 2. The third-order valence-electron chi connectivity index (χ3n) is 6.46. The van der Waals surface area contributed by atoms with Crippen molar-refractivity contribution in [2.45, 2.75) is 39.9 Å². The van der Waals surface area contributed by atoms with Crippen LogP contribution in [0.4, 0.5) is 8.78 Å². The first kappa shape index (κ1) is 31.2. The summed E-state index contributed by atoms with van der Waals surface area (Å²) >= 11 is 4.57. The van der Waals surface area contributed by atoms with Gasteiger partial charge in [0.2, 0.25) is 0 Å². The van der Waals surface area contributed by atoms with Gasteiger partial charge in [-0.15, -0.1) is 11.3 Å². The summed E-state index contributed by atoms with van der Waals surface area (Å²) in [5, 5.41) is 1.92. The standard InChI is InChI=1S/C30H30BrF2N2O4PS/c1-5-38-40(37,39-6-2)30(32,33)25-15-13-22(17-26(25)31)18-35-27(23-10-8-7-9-11-23)19-41-29(35)34-28(36)24-14-12-20(3)21(4)16-24/h7-17,19H,5-6,18H2,1-4H3. The van der Waals surface area contributed by atoms with Crippen molar-refractivity contribution in [2.24, 2.45) is 4.99 Å². The van der Waals surface area contributed by atoms with Gasteiger partial charge in [-0.1, -0.05) is 64.5 Å². The van der Waals surface area contributed by atoms with Gasteiger partial charge in [0.05, 0.1) is 25.5 Å². The van der Waals surface area contributed by atoms with E-state index in [9.17, 15) is 9.36 Å². The van der Waals surface area contributed by atoms with E-state index >= 15 is 8.78 Å². The minimum atomic E-state index is -4.77. The number of carbonyl (C=O) groups excluding carboxylic acids is 1. The van der Waals surface area contributed by atoms with Gasteiger partial charge >= 0.3 is 13.3 Å². The topological polar surface area (TPSA) is 69.9 Å². The molecule has 0 spiro atoms. The largest absolute Gasteiger partial charge is 0.404 e. The molecule has 0 unspecified atom stereocenters. The zero-order valence-corrected chi connectivity index (χ0v) is 26.4. The van der Waals surface area contributed by atoms with Crippen LogP contribution in [0.3, 0.4) is 0 Å². The molecule has 4 aromatic rings. The van der Waals surface area contributed by atoms with Crippen LogP contribution in [0, 0.1) is 13.8 Å². The summed E-state index contributed by atoms with van der Waals surface area (Å²) in [6.45, 7) is 6.75. The minimum absolute atomic E-state index is 0.0569. The lowest BCUT2D eigenvalue weighted by atomic mass is 10.1. The number of nitrogens with zero attached hydrogens (tertiary/aromatic N) is 2. The van der Waals surface area contributed by atoms with Gasteiger partial charge in [-0.05, 0) is 68.1 Å². The molecule has 0 aliphatic rings. The molecule has 216 valence electrons. The minimum Gasteiger partial charge on any atom is -0.312 e. The Morgan fingerprint density at radius 3 is 2.29 bits per heavy atom. The lowest BCUT2D eigenvalue weighted by Crippen LogP contribution is -2.20. The predicted octanol–water partition coefficient (Wildman–Crippen LogP) is 8.70. The molecule has 0 aliphatic carbocycles. The molecule has 11 heteroatoms. The second-order valence-electron chi connectivity index (χ2n) is 9.26. The first-order valence-electron chi connectivity index (χ1n) is 13.0. The van der Waals surface area contributed by atoms with E-state index < -0.39 is 18.8 Å². The summed E-state index contributed by atoms with van der Waals surface area (Å²) in [5.41, 5.74) is 0.588. The fourth-order valence-electron chi connectivity index (χ4n) is 4.21. The molecule has 0 radical (unpaired) electrons. The van der Waals surface area contributed by atoms with Gasteiger partial charge in [0, 0.05) is 21.0 Å². The lowest BCUT2D eigenvalue weighted by Gasteiger charge is -2.26. The molecule has 1 heterocycles. The van der Waals surface area contributed by atoms with E-state index in [1.54, 1.807) is 12.1 Å². The van der Waals surface area contributed by atoms with Crippen LogP contribution >= 0.6 is 34.9 Å². The van der Waals surface area contributed by atoms with Gasteiger partial charge in [-0.25, -0.2) is 0 Å². The van der Waals surface area contributed by atoms with E-state index in [1.165, 1.54) is 37.3 Å². The van der Waals surface area contributed by atoms with Crippen molar-refractivity contribution < 1.29 is 27.2 Å². The molecule has 3 aromatic carbocycles. The van der Waals surface area contributed by atoms with Gasteiger partial charge in [-0.2, -0.15) is 13.8 Å². The summed E-state index contributed by atoms with van der Waals surface area (Å²) in [6, 6.07) is 19.4. The Bertz CT molecular complexity index is 1660.